The first kappa shape index (κ1) is 102. The van der Waals surface area contributed by atoms with Gasteiger partial charge in [-0.2, -0.15) is 0 Å². The van der Waals surface area contributed by atoms with Crippen molar-refractivity contribution in [1.29, 1.82) is 0 Å². The van der Waals surface area contributed by atoms with Gasteiger partial charge < -0.3 is 33.8 Å². The van der Waals surface area contributed by atoms with Crippen LogP contribution in [0, 0.1) is 11.8 Å². The van der Waals surface area contributed by atoms with Crippen LogP contribution < -0.4 is 0 Å². The summed E-state index contributed by atoms with van der Waals surface area (Å²) in [5.41, 5.74) is 0. The van der Waals surface area contributed by atoms with Crippen LogP contribution in [-0.2, 0) is 65.4 Å². The topological polar surface area (TPSA) is 237 Å². The number of carbonyl (C=O) groups excluding carboxylic acids is 4. The van der Waals surface area contributed by atoms with Crippen LogP contribution in [0.4, 0.5) is 0 Å². The second-order valence-corrected chi connectivity index (χ2v) is 34.4. The van der Waals surface area contributed by atoms with Crippen LogP contribution in [0.1, 0.15) is 452 Å². The number of phosphoric acid groups is 2. The number of hydrogen-bond acceptors (Lipinski definition) is 15. The van der Waals surface area contributed by atoms with Crippen molar-refractivity contribution in [3.63, 3.8) is 0 Å². The lowest BCUT2D eigenvalue weighted by atomic mass is 10.0. The minimum Gasteiger partial charge on any atom is -0.462 e. The molecule has 0 saturated heterocycles. The molecule has 5 atom stereocenters. The summed E-state index contributed by atoms with van der Waals surface area (Å²) >= 11 is 0. The molecule has 0 heterocycles. The van der Waals surface area contributed by atoms with Crippen molar-refractivity contribution in [3.05, 3.63) is 0 Å². The number of rotatable bonds is 84. The fourth-order valence-corrected chi connectivity index (χ4v) is 14.8. The summed E-state index contributed by atoms with van der Waals surface area (Å²) in [5, 5.41) is 10.7. The van der Waals surface area contributed by atoms with Crippen LogP contribution in [-0.4, -0.2) is 96.7 Å². The van der Waals surface area contributed by atoms with Crippen molar-refractivity contribution in [2.75, 3.05) is 39.6 Å². The quantitative estimate of drug-likeness (QED) is 0.0222. The van der Waals surface area contributed by atoms with E-state index in [4.69, 9.17) is 37.0 Å². The molecular formula is C85H166O17P2. The molecule has 0 aromatic rings. The van der Waals surface area contributed by atoms with Gasteiger partial charge in [0.2, 0.25) is 0 Å². The molecule has 17 nitrogen and oxygen atoms in total. The average Bonchev–Trinajstić information content (AvgIpc) is 0.926. The van der Waals surface area contributed by atoms with E-state index in [9.17, 15) is 43.2 Å². The van der Waals surface area contributed by atoms with E-state index in [2.05, 4.69) is 41.5 Å². The zero-order valence-corrected chi connectivity index (χ0v) is 70.1. The average molecular weight is 1520 g/mol. The molecule has 0 aromatic heterocycles. The van der Waals surface area contributed by atoms with Gasteiger partial charge in [-0.1, -0.05) is 401 Å². The summed E-state index contributed by atoms with van der Waals surface area (Å²) in [7, 11) is -9.93. The number of phosphoric ester groups is 2. The minimum atomic E-state index is -4.97. The summed E-state index contributed by atoms with van der Waals surface area (Å²) in [5.74, 6) is -0.559. The van der Waals surface area contributed by atoms with Gasteiger partial charge in [0.25, 0.3) is 0 Å². The minimum absolute atomic E-state index is 0.108. The van der Waals surface area contributed by atoms with E-state index in [0.29, 0.717) is 25.7 Å². The number of esters is 4. The second kappa shape index (κ2) is 76.4. The molecule has 0 fully saturated rings. The molecule has 0 aliphatic carbocycles. The summed E-state index contributed by atoms with van der Waals surface area (Å²) in [4.78, 5) is 73.2. The van der Waals surface area contributed by atoms with Gasteiger partial charge in [-0.05, 0) is 37.5 Å². The Morgan fingerprint density at radius 2 is 0.442 bits per heavy atom. The van der Waals surface area contributed by atoms with E-state index in [1.807, 2.05) is 0 Å². The molecule has 0 saturated carbocycles. The standard InChI is InChI=1S/C85H166O17P2/c1-7-9-11-13-15-17-19-21-23-25-26-27-29-35-39-45-52-58-64-70-84(89)101-80(73-95-82(87)67-61-55-49-43-37-33-31-30-32-36-41-47-53-59-65-77(3)4)75-99-103(91,92)97-71-79(86)72-98-104(93,94)100-76-81(74-96-83(88)68-62-56-50-46-40-42-48-54-60-66-78(5)6)102-85(90)69-63-57-51-44-38-34-28-24-22-20-18-16-14-12-10-8-2/h77-81,86H,7-76H2,1-6H3,(H,91,92)(H,93,94)/t79-,80-,81-/m1/s1. The Morgan fingerprint density at radius 1 is 0.260 bits per heavy atom. The molecule has 618 valence electrons. The van der Waals surface area contributed by atoms with Crippen LogP contribution in [0.3, 0.4) is 0 Å². The molecule has 0 aromatic carbocycles. The molecule has 0 aliphatic rings. The molecule has 3 N–H and O–H groups in total. The molecule has 0 bridgehead atoms. The molecule has 0 rings (SSSR count). The molecule has 2 unspecified atom stereocenters. The van der Waals surface area contributed by atoms with Crippen molar-refractivity contribution in [2.24, 2.45) is 11.8 Å². The predicted molar refractivity (Wildman–Crippen MR) is 428 cm³/mol. The highest BCUT2D eigenvalue weighted by atomic mass is 31.2. The molecule has 0 amide bonds. The summed E-state index contributed by atoms with van der Waals surface area (Å²) in [6.07, 6.45) is 68.0. The summed E-state index contributed by atoms with van der Waals surface area (Å²) in [6.45, 7) is 9.68. The highest BCUT2D eigenvalue weighted by Crippen LogP contribution is 2.45. The lowest BCUT2D eigenvalue weighted by Gasteiger charge is -2.21. The fourth-order valence-electron chi connectivity index (χ4n) is 13.2. The number of carbonyl (C=O) groups is 4. The van der Waals surface area contributed by atoms with Gasteiger partial charge in [-0.3, -0.25) is 37.3 Å². The van der Waals surface area contributed by atoms with Crippen molar-refractivity contribution in [3.8, 4) is 0 Å². The Hall–Kier alpha value is -1.94. The number of aliphatic hydroxyl groups excluding tert-OH is 1. The van der Waals surface area contributed by atoms with Crippen molar-refractivity contribution < 1.29 is 80.2 Å². The van der Waals surface area contributed by atoms with E-state index in [1.165, 1.54) is 270 Å². The van der Waals surface area contributed by atoms with Gasteiger partial charge in [0.1, 0.15) is 19.3 Å². The summed E-state index contributed by atoms with van der Waals surface area (Å²) < 4.78 is 68.9. The van der Waals surface area contributed by atoms with Crippen LogP contribution >= 0.6 is 15.6 Å². The first-order valence-corrected chi connectivity index (χ1v) is 47.0. The Balaban J connectivity index is 5.26. The third kappa shape index (κ3) is 78.2. The van der Waals surface area contributed by atoms with Gasteiger partial charge in [0.15, 0.2) is 12.2 Å². The monoisotopic (exact) mass is 1520 g/mol. The van der Waals surface area contributed by atoms with Crippen LogP contribution in [0.25, 0.3) is 0 Å². The Kier molecular flexibility index (Phi) is 75.0. The Bertz CT molecular complexity index is 1990. The van der Waals surface area contributed by atoms with Gasteiger partial charge >= 0.3 is 39.5 Å². The predicted octanol–water partition coefficient (Wildman–Crippen LogP) is 25.8. The van der Waals surface area contributed by atoms with Crippen molar-refractivity contribution >= 4 is 39.5 Å². The number of hydrogen-bond donors (Lipinski definition) is 3. The first-order chi connectivity index (χ1) is 50.4. The van der Waals surface area contributed by atoms with Gasteiger partial charge in [-0.25, -0.2) is 9.13 Å². The SMILES string of the molecule is CCCCCCCCCCCCCCCCCCCCCC(=O)O[C@H](COC(=O)CCCCCCCCCCCCCCCCC(C)C)COP(=O)(O)OC[C@@H](O)COP(=O)(O)OC[C@@H](COC(=O)CCCCCCCCCCCC(C)C)OC(=O)CCCCCCCCCCCCCCCCCC. The number of unbranched alkanes of at least 4 members (excludes halogenated alkanes) is 54. The van der Waals surface area contributed by atoms with Crippen LogP contribution in [0.15, 0.2) is 0 Å². The maximum Gasteiger partial charge on any atom is 0.472 e. The number of ether oxygens (including phenoxy) is 4. The van der Waals surface area contributed by atoms with E-state index in [-0.39, 0.29) is 25.7 Å². The first-order valence-electron chi connectivity index (χ1n) is 44.0. The molecular weight excluding hydrogens is 1350 g/mol. The van der Waals surface area contributed by atoms with E-state index in [0.717, 1.165) is 102 Å². The molecule has 0 aliphatic heterocycles. The van der Waals surface area contributed by atoms with E-state index in [1.54, 1.807) is 0 Å². The highest BCUT2D eigenvalue weighted by Gasteiger charge is 2.30. The lowest BCUT2D eigenvalue weighted by Crippen LogP contribution is -2.30. The summed E-state index contributed by atoms with van der Waals surface area (Å²) in [6, 6.07) is 0. The zero-order valence-electron chi connectivity index (χ0n) is 68.3. The second-order valence-electron chi connectivity index (χ2n) is 31.5. The molecule has 0 radical (unpaired) electrons. The normalized spacial score (nSPS) is 13.8. The molecule has 0 spiro atoms. The number of aliphatic hydroxyl groups is 1. The van der Waals surface area contributed by atoms with E-state index < -0.39 is 97.5 Å². The van der Waals surface area contributed by atoms with Crippen molar-refractivity contribution in [1.82, 2.24) is 0 Å². The van der Waals surface area contributed by atoms with Gasteiger partial charge in [0, 0.05) is 25.7 Å². The van der Waals surface area contributed by atoms with Crippen LogP contribution in [0.2, 0.25) is 0 Å². The Morgan fingerprint density at radius 3 is 0.654 bits per heavy atom. The fraction of sp³-hybridized carbons (Fsp3) is 0.953. The van der Waals surface area contributed by atoms with Gasteiger partial charge in [0.05, 0.1) is 26.4 Å². The Labute approximate surface area is 638 Å². The smallest absolute Gasteiger partial charge is 0.462 e. The maximum atomic E-state index is 13.1. The van der Waals surface area contributed by atoms with Gasteiger partial charge in [-0.15, -0.1) is 0 Å². The van der Waals surface area contributed by atoms with Crippen LogP contribution in [0.5, 0.6) is 0 Å². The van der Waals surface area contributed by atoms with Crippen molar-refractivity contribution in [2.45, 2.75) is 471 Å². The third-order valence-electron chi connectivity index (χ3n) is 20.0. The van der Waals surface area contributed by atoms with E-state index >= 15 is 0 Å². The third-order valence-corrected chi connectivity index (χ3v) is 21.9. The molecule has 19 heteroatoms. The lowest BCUT2D eigenvalue weighted by molar-refractivity contribution is -0.161. The molecule has 104 heavy (non-hydrogen) atoms. The maximum absolute atomic E-state index is 13.1. The highest BCUT2D eigenvalue weighted by molar-refractivity contribution is 7.47. The zero-order chi connectivity index (χ0) is 76.4. The largest absolute Gasteiger partial charge is 0.472 e.